The average molecular weight is 186 g/mol. The average Bonchev–Trinajstić information content (AvgIpc) is 2.56. The van der Waals surface area contributed by atoms with E-state index in [0.29, 0.717) is 11.1 Å². The lowest BCUT2D eigenvalue weighted by Gasteiger charge is -1.85. The Morgan fingerprint density at radius 1 is 1.21 bits per heavy atom. The van der Waals surface area contributed by atoms with E-state index in [1.165, 1.54) is 6.20 Å². The highest BCUT2D eigenvalue weighted by molar-refractivity contribution is 6.01. The number of nitrogens with one attached hydrogen (secondary N) is 1. The van der Waals surface area contributed by atoms with Gasteiger partial charge in [0.25, 0.3) is 0 Å². The number of furan rings is 1. The van der Waals surface area contributed by atoms with Crippen LogP contribution in [0.5, 0.6) is 0 Å². The summed E-state index contributed by atoms with van der Waals surface area (Å²) in [6.45, 7) is 0. The van der Waals surface area contributed by atoms with E-state index in [2.05, 4.69) is 9.97 Å². The zero-order chi connectivity index (χ0) is 9.54. The van der Waals surface area contributed by atoms with Crippen molar-refractivity contribution in [2.24, 2.45) is 0 Å². The van der Waals surface area contributed by atoms with Gasteiger partial charge in [0.05, 0.1) is 11.7 Å². The Labute approximate surface area is 78.2 Å². The Hall–Kier alpha value is -2.10. The quantitative estimate of drug-likeness (QED) is 0.581. The summed E-state index contributed by atoms with van der Waals surface area (Å²) in [7, 11) is 0. The van der Waals surface area contributed by atoms with Crippen molar-refractivity contribution in [3.63, 3.8) is 0 Å². The van der Waals surface area contributed by atoms with Crippen molar-refractivity contribution in [3.8, 4) is 0 Å². The number of nitrogens with zero attached hydrogens (tertiary/aromatic N) is 1. The van der Waals surface area contributed by atoms with Crippen molar-refractivity contribution in [2.45, 2.75) is 0 Å². The van der Waals surface area contributed by atoms with Crippen LogP contribution in [0.4, 0.5) is 0 Å². The molecule has 0 aliphatic rings. The number of hydrogen-bond donors (Lipinski definition) is 1. The van der Waals surface area contributed by atoms with Gasteiger partial charge in [0, 0.05) is 5.39 Å². The summed E-state index contributed by atoms with van der Waals surface area (Å²) in [6, 6.07) is 7.54. The van der Waals surface area contributed by atoms with Crippen LogP contribution in [0.2, 0.25) is 0 Å². The van der Waals surface area contributed by atoms with Crippen LogP contribution in [0.15, 0.2) is 39.7 Å². The maximum Gasteiger partial charge on any atom is 0.345 e. The third-order valence-electron chi connectivity index (χ3n) is 2.15. The largest absolute Gasteiger partial charge is 0.453 e. The maximum absolute atomic E-state index is 11.0. The molecule has 14 heavy (non-hydrogen) atoms. The predicted molar refractivity (Wildman–Crippen MR) is 52.1 cm³/mol. The standard InChI is InChI=1S/C10H6N2O2/c13-10-11-5-8-9(12-10)6-3-1-2-4-7(6)14-8/h1-5H,(H,11,12,13). The number of benzene rings is 1. The molecule has 0 unspecified atom stereocenters. The van der Waals surface area contributed by atoms with Crippen LogP contribution >= 0.6 is 0 Å². The summed E-state index contributed by atoms with van der Waals surface area (Å²) in [4.78, 5) is 17.3. The summed E-state index contributed by atoms with van der Waals surface area (Å²) in [6.07, 6.45) is 1.44. The van der Waals surface area contributed by atoms with Crippen LogP contribution in [-0.2, 0) is 0 Å². The Morgan fingerprint density at radius 3 is 3.00 bits per heavy atom. The molecule has 4 heteroatoms. The molecule has 3 aromatic rings. The molecule has 3 rings (SSSR count). The Bertz CT molecular complexity index is 666. The molecule has 0 radical (unpaired) electrons. The van der Waals surface area contributed by atoms with Gasteiger partial charge in [-0.3, -0.25) is 0 Å². The number of hydrogen-bond acceptors (Lipinski definition) is 3. The van der Waals surface area contributed by atoms with E-state index in [9.17, 15) is 4.79 Å². The van der Waals surface area contributed by atoms with E-state index in [1.807, 2.05) is 24.3 Å². The molecule has 1 aromatic carbocycles. The molecule has 0 aliphatic carbocycles. The van der Waals surface area contributed by atoms with Crippen LogP contribution in [0.1, 0.15) is 0 Å². The minimum atomic E-state index is -0.357. The summed E-state index contributed by atoms with van der Waals surface area (Å²) < 4.78 is 5.47. The van der Waals surface area contributed by atoms with Gasteiger partial charge in [0.2, 0.25) is 0 Å². The number of aromatic amines is 1. The van der Waals surface area contributed by atoms with Crippen molar-refractivity contribution in [1.29, 1.82) is 0 Å². The second-order valence-electron chi connectivity index (χ2n) is 3.03. The summed E-state index contributed by atoms with van der Waals surface area (Å²) in [5.74, 6) is 0. The monoisotopic (exact) mass is 186 g/mol. The predicted octanol–water partition coefficient (Wildman–Crippen LogP) is 1.67. The summed E-state index contributed by atoms with van der Waals surface area (Å²) in [5.41, 5.74) is 1.71. The summed E-state index contributed by atoms with van der Waals surface area (Å²) in [5, 5.41) is 0.905. The Morgan fingerprint density at radius 2 is 2.07 bits per heavy atom. The summed E-state index contributed by atoms with van der Waals surface area (Å²) >= 11 is 0. The van der Waals surface area contributed by atoms with Crippen molar-refractivity contribution >= 4 is 22.1 Å². The van der Waals surface area contributed by atoms with Crippen LogP contribution in [0.3, 0.4) is 0 Å². The van der Waals surface area contributed by atoms with E-state index in [0.717, 1.165) is 11.0 Å². The van der Waals surface area contributed by atoms with Crippen LogP contribution in [0, 0.1) is 0 Å². The van der Waals surface area contributed by atoms with Crippen LogP contribution in [0.25, 0.3) is 22.1 Å². The molecule has 68 valence electrons. The lowest BCUT2D eigenvalue weighted by atomic mass is 10.2. The molecule has 0 amide bonds. The highest BCUT2D eigenvalue weighted by Gasteiger charge is 2.06. The first-order valence-corrected chi connectivity index (χ1v) is 4.21. The fraction of sp³-hybridized carbons (Fsp3) is 0. The second-order valence-corrected chi connectivity index (χ2v) is 3.03. The molecule has 0 spiro atoms. The molecular formula is C10H6N2O2. The van der Waals surface area contributed by atoms with E-state index in [4.69, 9.17) is 4.42 Å². The minimum absolute atomic E-state index is 0.357. The fourth-order valence-electron chi connectivity index (χ4n) is 1.54. The van der Waals surface area contributed by atoms with E-state index in [1.54, 1.807) is 0 Å². The molecule has 4 nitrogen and oxygen atoms in total. The molecule has 0 bridgehead atoms. The number of rotatable bonds is 0. The van der Waals surface area contributed by atoms with E-state index < -0.39 is 0 Å². The number of para-hydroxylation sites is 1. The molecule has 0 saturated carbocycles. The second kappa shape index (κ2) is 2.45. The van der Waals surface area contributed by atoms with Crippen molar-refractivity contribution in [1.82, 2.24) is 9.97 Å². The molecule has 0 saturated heterocycles. The number of fused-ring (bicyclic) bond motifs is 3. The first kappa shape index (κ1) is 7.32. The molecule has 0 fully saturated rings. The van der Waals surface area contributed by atoms with E-state index >= 15 is 0 Å². The normalized spacial score (nSPS) is 11.1. The fourth-order valence-corrected chi connectivity index (χ4v) is 1.54. The number of H-pyrrole nitrogens is 1. The Balaban J connectivity index is 2.65. The van der Waals surface area contributed by atoms with Crippen LogP contribution in [-0.4, -0.2) is 9.97 Å². The van der Waals surface area contributed by atoms with Gasteiger partial charge >= 0.3 is 5.69 Å². The van der Waals surface area contributed by atoms with Crippen molar-refractivity contribution in [3.05, 3.63) is 40.9 Å². The minimum Gasteiger partial charge on any atom is -0.453 e. The lowest BCUT2D eigenvalue weighted by Crippen LogP contribution is -2.07. The number of aromatic nitrogens is 2. The van der Waals surface area contributed by atoms with Gasteiger partial charge in [-0.15, -0.1) is 0 Å². The first-order valence-electron chi connectivity index (χ1n) is 4.21. The Kier molecular flexibility index (Phi) is 1.28. The molecular weight excluding hydrogens is 180 g/mol. The van der Waals surface area contributed by atoms with Crippen molar-refractivity contribution in [2.75, 3.05) is 0 Å². The third kappa shape index (κ3) is 0.877. The highest BCUT2D eigenvalue weighted by atomic mass is 16.3. The topological polar surface area (TPSA) is 58.9 Å². The van der Waals surface area contributed by atoms with Gasteiger partial charge in [-0.25, -0.2) is 4.79 Å². The van der Waals surface area contributed by atoms with Gasteiger partial charge in [0.15, 0.2) is 5.58 Å². The van der Waals surface area contributed by atoms with Gasteiger partial charge < -0.3 is 9.40 Å². The lowest BCUT2D eigenvalue weighted by molar-refractivity contribution is 0.665. The van der Waals surface area contributed by atoms with Gasteiger partial charge in [-0.2, -0.15) is 4.98 Å². The smallest absolute Gasteiger partial charge is 0.345 e. The molecule has 1 N–H and O–H groups in total. The van der Waals surface area contributed by atoms with E-state index in [-0.39, 0.29) is 5.69 Å². The van der Waals surface area contributed by atoms with Crippen LogP contribution < -0.4 is 5.69 Å². The zero-order valence-corrected chi connectivity index (χ0v) is 7.15. The van der Waals surface area contributed by atoms with Gasteiger partial charge in [0.1, 0.15) is 5.58 Å². The van der Waals surface area contributed by atoms with Gasteiger partial charge in [-0.1, -0.05) is 12.1 Å². The zero-order valence-electron chi connectivity index (χ0n) is 7.15. The first-order chi connectivity index (χ1) is 6.84. The highest BCUT2D eigenvalue weighted by Crippen LogP contribution is 2.24. The van der Waals surface area contributed by atoms with Crippen molar-refractivity contribution < 1.29 is 4.42 Å². The SMILES string of the molecule is O=c1ncc2oc3ccccc3c2[nH]1. The molecule has 0 atom stereocenters. The maximum atomic E-state index is 11.0. The molecule has 2 aromatic heterocycles. The molecule has 2 heterocycles. The third-order valence-corrected chi connectivity index (χ3v) is 2.15. The molecule has 0 aliphatic heterocycles. The van der Waals surface area contributed by atoms with Gasteiger partial charge in [-0.05, 0) is 12.1 Å².